The highest BCUT2D eigenvalue weighted by Crippen LogP contribution is 2.46. The summed E-state index contributed by atoms with van der Waals surface area (Å²) < 4.78 is 58.2. The highest BCUT2D eigenvalue weighted by atomic mass is 19.4. The molecule has 4 heterocycles. The second-order valence-corrected chi connectivity index (χ2v) is 10.7. The zero-order valence-corrected chi connectivity index (χ0v) is 21.8. The summed E-state index contributed by atoms with van der Waals surface area (Å²) in [5.41, 5.74) is 2.36. The van der Waals surface area contributed by atoms with Crippen molar-refractivity contribution in [1.29, 1.82) is 0 Å². The van der Waals surface area contributed by atoms with Crippen LogP contribution in [0.4, 0.5) is 19.0 Å². The summed E-state index contributed by atoms with van der Waals surface area (Å²) in [6.07, 6.45) is 1.46. The molecule has 10 heteroatoms. The summed E-state index contributed by atoms with van der Waals surface area (Å²) in [6, 6.07) is 9.07. The number of rotatable bonds is 7. The highest BCUT2D eigenvalue weighted by Gasteiger charge is 2.44. The van der Waals surface area contributed by atoms with Crippen molar-refractivity contribution in [3.05, 3.63) is 64.5 Å². The Kier molecular flexibility index (Phi) is 6.61. The molecule has 3 fully saturated rings. The van der Waals surface area contributed by atoms with Crippen molar-refractivity contribution in [3.8, 4) is 11.3 Å². The molecule has 206 valence electrons. The molecule has 39 heavy (non-hydrogen) atoms. The van der Waals surface area contributed by atoms with E-state index in [0.29, 0.717) is 25.4 Å². The minimum absolute atomic E-state index is 0.00697. The lowest BCUT2D eigenvalue weighted by atomic mass is 9.98. The molecular weight excluding hydrogens is 511 g/mol. The molecule has 2 saturated heterocycles. The minimum atomic E-state index is -4.70. The van der Waals surface area contributed by atoms with Crippen LogP contribution < -0.4 is 4.90 Å². The Morgan fingerprint density at radius 1 is 1.13 bits per heavy atom. The number of benzene rings is 1. The Labute approximate surface area is 224 Å². The van der Waals surface area contributed by atoms with Gasteiger partial charge in [0, 0.05) is 35.3 Å². The number of carbonyl (C=O) groups excluding carboxylic acids is 1. The number of piperidine rings is 1. The number of hydrogen-bond donors (Lipinski definition) is 0. The summed E-state index contributed by atoms with van der Waals surface area (Å²) >= 11 is 0. The number of carbonyl (C=O) groups is 1. The average Bonchev–Trinajstić information content (AvgIpc) is 3.62. The van der Waals surface area contributed by atoms with E-state index in [1.165, 1.54) is 0 Å². The van der Waals surface area contributed by atoms with Gasteiger partial charge < -0.3 is 18.9 Å². The first-order valence-electron chi connectivity index (χ1n) is 13.3. The number of aromatic nitrogens is 2. The van der Waals surface area contributed by atoms with Crippen LogP contribution in [-0.2, 0) is 22.3 Å². The van der Waals surface area contributed by atoms with Crippen LogP contribution in [0.25, 0.3) is 11.3 Å². The van der Waals surface area contributed by atoms with Gasteiger partial charge in [-0.15, -0.1) is 0 Å². The first kappa shape index (κ1) is 25.9. The third-order valence-corrected chi connectivity index (χ3v) is 8.18. The number of aryl methyl sites for hydroxylation is 1. The lowest BCUT2D eigenvalue weighted by molar-refractivity contribution is -0.138. The lowest BCUT2D eigenvalue weighted by Gasteiger charge is -2.40. The molecule has 0 N–H and O–H groups in total. The topological polar surface area (TPSA) is 77.7 Å². The normalized spacial score (nSPS) is 22.8. The van der Waals surface area contributed by atoms with Gasteiger partial charge in [0.25, 0.3) is 0 Å². The van der Waals surface area contributed by atoms with E-state index in [0.717, 1.165) is 73.2 Å². The SMILES string of the molecule is COC(=O)c1cnc(N2C3CC[C@H]2CC(OCc2c(-c4ccccc4C)noc2C2CC2)C3)cc1C(F)(F)F. The van der Waals surface area contributed by atoms with Gasteiger partial charge in [-0.05, 0) is 57.1 Å². The van der Waals surface area contributed by atoms with Crippen LogP contribution in [0.1, 0.15) is 77.3 Å². The molecule has 6 rings (SSSR count). The smallest absolute Gasteiger partial charge is 0.417 e. The maximum absolute atomic E-state index is 13.8. The largest absolute Gasteiger partial charge is 0.465 e. The fraction of sp³-hybridized carbons (Fsp3) is 0.483. The van der Waals surface area contributed by atoms with Crippen molar-refractivity contribution in [3.63, 3.8) is 0 Å². The number of esters is 1. The number of fused-ring (bicyclic) bond motifs is 2. The highest BCUT2D eigenvalue weighted by molar-refractivity contribution is 5.91. The predicted octanol–water partition coefficient (Wildman–Crippen LogP) is 6.44. The fourth-order valence-electron chi connectivity index (χ4n) is 6.11. The van der Waals surface area contributed by atoms with Crippen molar-refractivity contribution in [1.82, 2.24) is 10.1 Å². The van der Waals surface area contributed by atoms with E-state index in [4.69, 9.17) is 9.26 Å². The number of anilines is 1. The first-order chi connectivity index (χ1) is 18.7. The number of methoxy groups -OCH3 is 1. The van der Waals surface area contributed by atoms with Crippen molar-refractivity contribution in [2.45, 2.75) is 82.3 Å². The Morgan fingerprint density at radius 3 is 2.49 bits per heavy atom. The number of nitrogens with zero attached hydrogens (tertiary/aromatic N) is 3. The van der Waals surface area contributed by atoms with Crippen LogP contribution in [0, 0.1) is 6.92 Å². The Balaban J connectivity index is 1.20. The van der Waals surface area contributed by atoms with Gasteiger partial charge in [0.2, 0.25) is 0 Å². The third kappa shape index (κ3) is 4.90. The Hall–Kier alpha value is -3.40. The van der Waals surface area contributed by atoms with Crippen LogP contribution in [0.15, 0.2) is 41.1 Å². The maximum Gasteiger partial charge on any atom is 0.417 e. The summed E-state index contributed by atoms with van der Waals surface area (Å²) in [5, 5.41) is 4.42. The van der Waals surface area contributed by atoms with Crippen LogP contribution in [0.5, 0.6) is 0 Å². The van der Waals surface area contributed by atoms with E-state index in [1.807, 2.05) is 23.1 Å². The number of alkyl halides is 3. The van der Waals surface area contributed by atoms with Gasteiger partial charge in [-0.1, -0.05) is 29.4 Å². The van der Waals surface area contributed by atoms with Crippen molar-refractivity contribution in [2.75, 3.05) is 12.0 Å². The number of halogens is 3. The van der Waals surface area contributed by atoms with E-state index in [2.05, 4.69) is 27.9 Å². The number of ether oxygens (including phenoxy) is 2. The summed E-state index contributed by atoms with van der Waals surface area (Å²) in [6.45, 7) is 2.43. The fourth-order valence-corrected chi connectivity index (χ4v) is 6.11. The van der Waals surface area contributed by atoms with Crippen LogP contribution in [0.2, 0.25) is 0 Å². The van der Waals surface area contributed by atoms with Crippen molar-refractivity contribution in [2.24, 2.45) is 0 Å². The van der Waals surface area contributed by atoms with E-state index < -0.39 is 23.3 Å². The van der Waals surface area contributed by atoms with E-state index in [-0.39, 0.29) is 24.0 Å². The standard InChI is InChI=1S/C29H30F3N3O4/c1-16-5-3-4-6-21(16)26-23(27(39-34-26)17-7-8-17)15-38-20-11-18-9-10-19(12-20)35(18)25-13-24(29(30,31)32)22(14-33-25)28(36)37-2/h3-6,13-14,17-20H,7-12,15H2,1-2H3/t18-,19?,20?/m0/s1. The Bertz CT molecular complexity index is 1370. The number of hydrogen-bond acceptors (Lipinski definition) is 7. The molecule has 1 aliphatic carbocycles. The molecule has 0 spiro atoms. The Morgan fingerprint density at radius 2 is 1.85 bits per heavy atom. The molecule has 2 aromatic heterocycles. The summed E-state index contributed by atoms with van der Waals surface area (Å²) in [7, 11) is 1.05. The molecule has 1 saturated carbocycles. The molecular formula is C29H30F3N3O4. The lowest BCUT2D eigenvalue weighted by Crippen LogP contribution is -2.46. The van der Waals surface area contributed by atoms with Gasteiger partial charge in [0.1, 0.15) is 17.3 Å². The molecule has 0 amide bonds. The van der Waals surface area contributed by atoms with E-state index in [9.17, 15) is 18.0 Å². The molecule has 3 atom stereocenters. The van der Waals surface area contributed by atoms with Gasteiger partial charge in [0.05, 0.1) is 30.9 Å². The predicted molar refractivity (Wildman–Crippen MR) is 136 cm³/mol. The van der Waals surface area contributed by atoms with Gasteiger partial charge in [-0.2, -0.15) is 13.2 Å². The van der Waals surface area contributed by atoms with Gasteiger partial charge in [-0.3, -0.25) is 0 Å². The van der Waals surface area contributed by atoms with Gasteiger partial charge in [-0.25, -0.2) is 9.78 Å². The van der Waals surface area contributed by atoms with E-state index in [1.54, 1.807) is 0 Å². The summed E-state index contributed by atoms with van der Waals surface area (Å²) in [4.78, 5) is 18.2. The summed E-state index contributed by atoms with van der Waals surface area (Å²) in [5.74, 6) is 0.468. The quantitative estimate of drug-likeness (QED) is 0.318. The zero-order chi connectivity index (χ0) is 27.3. The van der Waals surface area contributed by atoms with Crippen molar-refractivity contribution >= 4 is 11.8 Å². The molecule has 7 nitrogen and oxygen atoms in total. The molecule has 3 aromatic rings. The average molecular weight is 542 g/mol. The van der Waals surface area contributed by atoms with Crippen LogP contribution in [0.3, 0.4) is 0 Å². The second-order valence-electron chi connectivity index (χ2n) is 10.7. The first-order valence-corrected chi connectivity index (χ1v) is 13.3. The zero-order valence-electron chi connectivity index (χ0n) is 21.8. The van der Waals surface area contributed by atoms with Gasteiger partial charge >= 0.3 is 12.1 Å². The molecule has 1 aromatic carbocycles. The second kappa shape index (κ2) is 9.97. The minimum Gasteiger partial charge on any atom is -0.465 e. The number of pyridine rings is 1. The molecule has 3 aliphatic rings. The van der Waals surface area contributed by atoms with Gasteiger partial charge in [0.15, 0.2) is 0 Å². The molecule has 2 bridgehead atoms. The third-order valence-electron chi connectivity index (χ3n) is 8.18. The van der Waals surface area contributed by atoms with E-state index >= 15 is 0 Å². The van der Waals surface area contributed by atoms with Crippen LogP contribution >= 0.6 is 0 Å². The monoisotopic (exact) mass is 541 g/mol. The molecule has 0 radical (unpaired) electrons. The maximum atomic E-state index is 13.8. The van der Waals surface area contributed by atoms with Crippen LogP contribution in [-0.4, -0.2) is 41.4 Å². The van der Waals surface area contributed by atoms with Crippen molar-refractivity contribution < 1.29 is 32.0 Å². The molecule has 2 unspecified atom stereocenters. The molecule has 2 aliphatic heterocycles.